The third-order valence-corrected chi connectivity index (χ3v) is 4.03. The minimum absolute atomic E-state index is 0.289. The second-order valence-electron chi connectivity index (χ2n) is 5.75. The van der Waals surface area contributed by atoms with Crippen LogP contribution in [0.15, 0.2) is 36.7 Å². The van der Waals surface area contributed by atoms with Crippen molar-refractivity contribution in [1.29, 1.82) is 0 Å². The fourth-order valence-electron chi connectivity index (χ4n) is 2.74. The summed E-state index contributed by atoms with van der Waals surface area (Å²) >= 11 is 0. The molecule has 0 radical (unpaired) electrons. The number of ether oxygens (including phenoxy) is 2. The molecule has 0 bridgehead atoms. The van der Waals surface area contributed by atoms with Gasteiger partial charge in [0.15, 0.2) is 11.5 Å². The fraction of sp³-hybridized carbons (Fsp3) is 0.353. The second-order valence-corrected chi connectivity index (χ2v) is 5.75. The number of para-hydroxylation sites is 1. The van der Waals surface area contributed by atoms with E-state index in [1.54, 1.807) is 6.33 Å². The quantitative estimate of drug-likeness (QED) is 0.708. The summed E-state index contributed by atoms with van der Waals surface area (Å²) in [6.45, 7) is 5.22. The van der Waals surface area contributed by atoms with Gasteiger partial charge in [0.25, 0.3) is 0 Å². The Morgan fingerprint density at radius 1 is 1.16 bits per heavy atom. The van der Waals surface area contributed by atoms with Crippen molar-refractivity contribution in [2.45, 2.75) is 0 Å². The Hall–Kier alpha value is -2.71. The first-order chi connectivity index (χ1) is 12.4. The van der Waals surface area contributed by atoms with Crippen LogP contribution in [0, 0.1) is 0 Å². The van der Waals surface area contributed by atoms with Crippen molar-refractivity contribution in [3.8, 4) is 11.8 Å². The molecule has 0 amide bonds. The van der Waals surface area contributed by atoms with Gasteiger partial charge in [-0.3, -0.25) is 4.90 Å². The van der Waals surface area contributed by atoms with Crippen LogP contribution in [0.25, 0.3) is 11.2 Å². The van der Waals surface area contributed by atoms with E-state index in [1.165, 1.54) is 0 Å². The number of hydrogen-bond acceptors (Lipinski definition) is 7. The summed E-state index contributed by atoms with van der Waals surface area (Å²) < 4.78 is 11.1. The normalized spacial score (nSPS) is 15.4. The third-order valence-electron chi connectivity index (χ3n) is 4.03. The van der Waals surface area contributed by atoms with Crippen molar-refractivity contribution in [2.24, 2.45) is 0 Å². The van der Waals surface area contributed by atoms with E-state index in [9.17, 15) is 0 Å². The standard InChI is InChI=1S/C17H20N6O2/c1-2-4-13(5-3-1)25-17-21-15(14-16(22-17)20-12-19-14)18-6-7-23-8-10-24-11-9-23/h1-5,12H,6-11H2,(H2,18,19,20,21,22). The number of benzene rings is 1. The number of nitrogens with zero attached hydrogens (tertiary/aromatic N) is 4. The number of morpholine rings is 1. The largest absolute Gasteiger partial charge is 0.424 e. The molecule has 1 saturated heterocycles. The van der Waals surface area contributed by atoms with E-state index >= 15 is 0 Å². The molecular weight excluding hydrogens is 320 g/mol. The number of fused-ring (bicyclic) bond motifs is 1. The van der Waals surface area contributed by atoms with Gasteiger partial charge in [0, 0.05) is 26.2 Å². The van der Waals surface area contributed by atoms with E-state index in [4.69, 9.17) is 9.47 Å². The third kappa shape index (κ3) is 3.86. The predicted molar refractivity (Wildman–Crippen MR) is 93.9 cm³/mol. The smallest absolute Gasteiger partial charge is 0.326 e. The average Bonchev–Trinajstić information content (AvgIpc) is 3.12. The first kappa shape index (κ1) is 15.8. The van der Waals surface area contributed by atoms with Crippen LogP contribution in [0.4, 0.5) is 5.82 Å². The Labute approximate surface area is 145 Å². The van der Waals surface area contributed by atoms with Crippen molar-refractivity contribution in [2.75, 3.05) is 44.7 Å². The fourth-order valence-corrected chi connectivity index (χ4v) is 2.74. The molecule has 0 spiro atoms. The number of aromatic nitrogens is 4. The zero-order valence-electron chi connectivity index (χ0n) is 13.8. The van der Waals surface area contributed by atoms with E-state index in [1.807, 2.05) is 30.3 Å². The predicted octanol–water partition coefficient (Wildman–Crippen LogP) is 1.89. The minimum atomic E-state index is 0.289. The number of nitrogens with one attached hydrogen (secondary N) is 2. The highest BCUT2D eigenvalue weighted by atomic mass is 16.5. The van der Waals surface area contributed by atoms with Crippen molar-refractivity contribution in [3.05, 3.63) is 36.7 Å². The van der Waals surface area contributed by atoms with Crippen LogP contribution in [0.1, 0.15) is 0 Å². The Bertz CT molecular complexity index is 816. The first-order valence-electron chi connectivity index (χ1n) is 8.36. The lowest BCUT2D eigenvalue weighted by molar-refractivity contribution is 0.0398. The number of rotatable bonds is 6. The summed E-state index contributed by atoms with van der Waals surface area (Å²) in [6.07, 6.45) is 1.61. The van der Waals surface area contributed by atoms with Crippen LogP contribution in [-0.4, -0.2) is 64.2 Å². The average molecular weight is 340 g/mol. The molecule has 8 nitrogen and oxygen atoms in total. The molecule has 3 aromatic rings. The zero-order chi connectivity index (χ0) is 16.9. The number of anilines is 1. The SMILES string of the molecule is c1ccc(Oc2nc(NCCN3CCOCC3)c3nc[nH]c3n2)cc1. The van der Waals surface area contributed by atoms with E-state index in [0.717, 1.165) is 39.4 Å². The van der Waals surface area contributed by atoms with E-state index in [-0.39, 0.29) is 6.01 Å². The molecule has 130 valence electrons. The molecule has 1 aliphatic rings. The van der Waals surface area contributed by atoms with Crippen molar-refractivity contribution >= 4 is 17.0 Å². The van der Waals surface area contributed by atoms with Crippen molar-refractivity contribution in [3.63, 3.8) is 0 Å². The molecule has 2 aromatic heterocycles. The Morgan fingerprint density at radius 2 is 2.00 bits per heavy atom. The van der Waals surface area contributed by atoms with Crippen LogP contribution >= 0.6 is 0 Å². The monoisotopic (exact) mass is 340 g/mol. The summed E-state index contributed by atoms with van der Waals surface area (Å²) in [4.78, 5) is 18.5. The van der Waals surface area contributed by atoms with Gasteiger partial charge in [0.1, 0.15) is 11.3 Å². The lowest BCUT2D eigenvalue weighted by atomic mass is 10.3. The van der Waals surface area contributed by atoms with Gasteiger partial charge in [-0.2, -0.15) is 9.97 Å². The Kier molecular flexibility index (Phi) is 4.71. The Balaban J connectivity index is 1.48. The molecule has 1 aromatic carbocycles. The molecule has 0 aliphatic carbocycles. The van der Waals surface area contributed by atoms with Crippen molar-refractivity contribution < 1.29 is 9.47 Å². The molecule has 0 saturated carbocycles. The second kappa shape index (κ2) is 7.45. The van der Waals surface area contributed by atoms with Gasteiger partial charge < -0.3 is 19.8 Å². The number of imidazole rings is 1. The van der Waals surface area contributed by atoms with Gasteiger partial charge >= 0.3 is 6.01 Å². The molecule has 2 N–H and O–H groups in total. The van der Waals surface area contributed by atoms with Gasteiger partial charge in [-0.1, -0.05) is 18.2 Å². The minimum Gasteiger partial charge on any atom is -0.424 e. The lowest BCUT2D eigenvalue weighted by Gasteiger charge is -2.26. The maximum Gasteiger partial charge on any atom is 0.326 e. The van der Waals surface area contributed by atoms with Gasteiger partial charge in [-0.05, 0) is 12.1 Å². The van der Waals surface area contributed by atoms with Crippen LogP contribution < -0.4 is 10.1 Å². The number of hydrogen-bond donors (Lipinski definition) is 2. The van der Waals surface area contributed by atoms with E-state index < -0.39 is 0 Å². The van der Waals surface area contributed by atoms with Crippen LogP contribution in [0.2, 0.25) is 0 Å². The van der Waals surface area contributed by atoms with Gasteiger partial charge in [-0.25, -0.2) is 4.98 Å². The summed E-state index contributed by atoms with van der Waals surface area (Å²) in [5.74, 6) is 1.37. The maximum atomic E-state index is 5.76. The molecule has 1 aliphatic heterocycles. The van der Waals surface area contributed by atoms with Crippen LogP contribution in [-0.2, 0) is 4.74 Å². The van der Waals surface area contributed by atoms with E-state index in [2.05, 4.69) is 30.2 Å². The highest BCUT2D eigenvalue weighted by Gasteiger charge is 2.13. The molecule has 8 heteroatoms. The first-order valence-corrected chi connectivity index (χ1v) is 8.36. The summed E-state index contributed by atoms with van der Waals surface area (Å²) in [7, 11) is 0. The van der Waals surface area contributed by atoms with Gasteiger partial charge in [-0.15, -0.1) is 0 Å². The topological polar surface area (TPSA) is 88.2 Å². The van der Waals surface area contributed by atoms with Gasteiger partial charge in [0.2, 0.25) is 0 Å². The number of H-pyrrole nitrogens is 1. The van der Waals surface area contributed by atoms with Gasteiger partial charge in [0.05, 0.1) is 19.5 Å². The molecular formula is C17H20N6O2. The number of aromatic amines is 1. The molecule has 1 fully saturated rings. The molecule has 4 rings (SSSR count). The molecule has 25 heavy (non-hydrogen) atoms. The summed E-state index contributed by atoms with van der Waals surface area (Å²) in [5, 5.41) is 3.35. The highest BCUT2D eigenvalue weighted by Crippen LogP contribution is 2.23. The van der Waals surface area contributed by atoms with Crippen LogP contribution in [0.3, 0.4) is 0 Å². The van der Waals surface area contributed by atoms with Crippen molar-refractivity contribution in [1.82, 2.24) is 24.8 Å². The zero-order valence-corrected chi connectivity index (χ0v) is 13.8. The maximum absolute atomic E-state index is 5.76. The highest BCUT2D eigenvalue weighted by molar-refractivity contribution is 5.82. The molecule has 3 heterocycles. The lowest BCUT2D eigenvalue weighted by Crippen LogP contribution is -2.39. The van der Waals surface area contributed by atoms with Crippen LogP contribution in [0.5, 0.6) is 11.8 Å². The summed E-state index contributed by atoms with van der Waals surface area (Å²) in [6, 6.07) is 9.77. The molecule has 0 atom stereocenters. The summed E-state index contributed by atoms with van der Waals surface area (Å²) in [5.41, 5.74) is 1.36. The van der Waals surface area contributed by atoms with E-state index in [0.29, 0.717) is 22.7 Å². The Morgan fingerprint density at radius 3 is 2.84 bits per heavy atom. The molecule has 0 unspecified atom stereocenters.